The highest BCUT2D eigenvalue weighted by atomic mass is 16.2. The molecule has 102 valence electrons. The Bertz CT molecular complexity index is 653. The minimum atomic E-state index is -0.127. The van der Waals surface area contributed by atoms with Crippen LogP contribution in [-0.2, 0) is 0 Å². The number of aromatic nitrogens is 4. The molecule has 2 aromatic heterocycles. The minimum Gasteiger partial charge on any atom is -0.338 e. The van der Waals surface area contributed by atoms with Crippen molar-refractivity contribution in [1.29, 1.82) is 5.26 Å². The lowest BCUT2D eigenvalue weighted by Crippen LogP contribution is -2.31. The fraction of sp³-hybridized carbons (Fsp3) is 0.308. The molecule has 1 amide bonds. The van der Waals surface area contributed by atoms with Gasteiger partial charge in [0, 0.05) is 19.3 Å². The Morgan fingerprint density at radius 2 is 2.15 bits per heavy atom. The summed E-state index contributed by atoms with van der Waals surface area (Å²) < 4.78 is 1.44. The molecular weight excluding hydrogens is 256 g/mol. The van der Waals surface area contributed by atoms with Gasteiger partial charge in [0.1, 0.15) is 18.1 Å². The number of hydrogen-bond donors (Lipinski definition) is 0. The molecule has 7 nitrogen and oxygen atoms in total. The molecule has 2 heterocycles. The van der Waals surface area contributed by atoms with Gasteiger partial charge in [-0.2, -0.15) is 5.26 Å². The van der Waals surface area contributed by atoms with E-state index in [1.807, 2.05) is 19.9 Å². The number of carbonyl (C=O) groups is 1. The van der Waals surface area contributed by atoms with Crippen LogP contribution in [0.3, 0.4) is 0 Å². The zero-order chi connectivity index (χ0) is 14.5. The van der Waals surface area contributed by atoms with Crippen molar-refractivity contribution < 1.29 is 4.79 Å². The first kappa shape index (κ1) is 13.7. The lowest BCUT2D eigenvalue weighted by molar-refractivity contribution is 0.0767. The quantitative estimate of drug-likeness (QED) is 0.827. The van der Waals surface area contributed by atoms with Crippen LogP contribution in [0.5, 0.6) is 0 Å². The van der Waals surface area contributed by atoms with Gasteiger partial charge in [-0.3, -0.25) is 9.78 Å². The van der Waals surface area contributed by atoms with Gasteiger partial charge in [0.25, 0.3) is 11.7 Å². The van der Waals surface area contributed by atoms with Gasteiger partial charge in [-0.1, -0.05) is 0 Å². The average molecular weight is 270 g/mol. The fourth-order valence-corrected chi connectivity index (χ4v) is 1.79. The van der Waals surface area contributed by atoms with Crippen molar-refractivity contribution in [3.63, 3.8) is 0 Å². The maximum atomic E-state index is 12.2. The molecule has 0 saturated carbocycles. The summed E-state index contributed by atoms with van der Waals surface area (Å²) in [7, 11) is 0. The smallest absolute Gasteiger partial charge is 0.272 e. The SMILES string of the molecule is CCN(CC)C(=O)c1cc(-n2cnc(C#N)n2)ccn1. The van der Waals surface area contributed by atoms with Crippen LogP contribution in [-0.4, -0.2) is 43.6 Å². The zero-order valence-corrected chi connectivity index (χ0v) is 11.3. The number of hydrogen-bond acceptors (Lipinski definition) is 5. The molecular formula is C13H14N6O. The van der Waals surface area contributed by atoms with Crippen LogP contribution in [0.2, 0.25) is 0 Å². The van der Waals surface area contributed by atoms with Crippen LogP contribution in [0.15, 0.2) is 24.7 Å². The van der Waals surface area contributed by atoms with E-state index in [-0.39, 0.29) is 11.7 Å². The Balaban J connectivity index is 2.33. The standard InChI is InChI=1S/C13H14N6O/c1-3-18(4-2)13(20)11-7-10(5-6-15-11)19-9-16-12(8-14)17-19/h5-7,9H,3-4H2,1-2H3. The van der Waals surface area contributed by atoms with E-state index in [1.165, 1.54) is 11.0 Å². The maximum Gasteiger partial charge on any atom is 0.272 e. The van der Waals surface area contributed by atoms with E-state index >= 15 is 0 Å². The first-order valence-corrected chi connectivity index (χ1v) is 6.27. The van der Waals surface area contributed by atoms with Crippen molar-refractivity contribution in [3.8, 4) is 11.8 Å². The van der Waals surface area contributed by atoms with Gasteiger partial charge < -0.3 is 4.90 Å². The minimum absolute atomic E-state index is 0.0819. The Kier molecular flexibility index (Phi) is 4.05. The third-order valence-corrected chi connectivity index (χ3v) is 2.87. The van der Waals surface area contributed by atoms with E-state index in [2.05, 4.69) is 15.1 Å². The Hall–Kier alpha value is -2.75. The largest absolute Gasteiger partial charge is 0.338 e. The van der Waals surface area contributed by atoms with Crippen molar-refractivity contribution in [1.82, 2.24) is 24.6 Å². The molecule has 0 spiro atoms. The summed E-state index contributed by atoms with van der Waals surface area (Å²) in [6, 6.07) is 5.20. The molecule has 0 aromatic carbocycles. The first-order valence-electron chi connectivity index (χ1n) is 6.27. The molecule has 2 aromatic rings. The second-order valence-corrected chi connectivity index (χ2v) is 4.00. The second-order valence-electron chi connectivity index (χ2n) is 4.00. The van der Waals surface area contributed by atoms with Crippen LogP contribution in [0, 0.1) is 11.3 Å². The molecule has 0 aliphatic rings. The van der Waals surface area contributed by atoms with E-state index in [4.69, 9.17) is 5.26 Å². The predicted octanol–water partition coefficient (Wildman–Crippen LogP) is 1.02. The Morgan fingerprint density at radius 3 is 2.75 bits per heavy atom. The van der Waals surface area contributed by atoms with E-state index < -0.39 is 0 Å². The fourth-order valence-electron chi connectivity index (χ4n) is 1.79. The van der Waals surface area contributed by atoms with E-state index in [0.717, 1.165) is 0 Å². The number of nitrogens with zero attached hydrogens (tertiary/aromatic N) is 6. The van der Waals surface area contributed by atoms with E-state index in [0.29, 0.717) is 24.5 Å². The molecule has 20 heavy (non-hydrogen) atoms. The summed E-state index contributed by atoms with van der Waals surface area (Å²) in [5.74, 6) is -0.0455. The van der Waals surface area contributed by atoms with Gasteiger partial charge in [-0.15, -0.1) is 5.10 Å². The van der Waals surface area contributed by atoms with Crippen LogP contribution in [0.4, 0.5) is 0 Å². The first-order chi connectivity index (χ1) is 9.69. The highest BCUT2D eigenvalue weighted by Crippen LogP contribution is 2.09. The Morgan fingerprint density at radius 1 is 1.40 bits per heavy atom. The summed E-state index contributed by atoms with van der Waals surface area (Å²) >= 11 is 0. The monoisotopic (exact) mass is 270 g/mol. The summed E-state index contributed by atoms with van der Waals surface area (Å²) in [6.45, 7) is 5.09. The molecule has 0 saturated heterocycles. The molecule has 0 aliphatic carbocycles. The molecule has 0 N–H and O–H groups in total. The summed E-state index contributed by atoms with van der Waals surface area (Å²) in [4.78, 5) is 21.8. The normalized spacial score (nSPS) is 10.1. The third-order valence-electron chi connectivity index (χ3n) is 2.87. The number of amides is 1. The van der Waals surface area contributed by atoms with Gasteiger partial charge in [-0.05, 0) is 26.0 Å². The topological polar surface area (TPSA) is 87.7 Å². The van der Waals surface area contributed by atoms with Gasteiger partial charge in [0.15, 0.2) is 0 Å². The molecule has 0 unspecified atom stereocenters. The van der Waals surface area contributed by atoms with Gasteiger partial charge in [0.2, 0.25) is 0 Å². The average Bonchev–Trinajstić information content (AvgIpc) is 2.97. The number of carbonyl (C=O) groups excluding carboxylic acids is 1. The van der Waals surface area contributed by atoms with Gasteiger partial charge in [-0.25, -0.2) is 9.67 Å². The molecule has 7 heteroatoms. The number of rotatable bonds is 4. The lowest BCUT2D eigenvalue weighted by Gasteiger charge is -2.18. The molecule has 0 radical (unpaired) electrons. The van der Waals surface area contributed by atoms with Crippen LogP contribution < -0.4 is 0 Å². The van der Waals surface area contributed by atoms with Crippen LogP contribution >= 0.6 is 0 Å². The number of nitriles is 1. The molecule has 0 bridgehead atoms. The molecule has 0 fully saturated rings. The summed E-state index contributed by atoms with van der Waals surface area (Å²) in [5.41, 5.74) is 0.990. The van der Waals surface area contributed by atoms with Crippen molar-refractivity contribution in [2.24, 2.45) is 0 Å². The highest BCUT2D eigenvalue weighted by Gasteiger charge is 2.14. The Labute approximate surface area is 116 Å². The van der Waals surface area contributed by atoms with Crippen molar-refractivity contribution in [2.75, 3.05) is 13.1 Å². The van der Waals surface area contributed by atoms with E-state index in [1.54, 1.807) is 23.2 Å². The lowest BCUT2D eigenvalue weighted by atomic mass is 10.3. The van der Waals surface area contributed by atoms with Crippen LogP contribution in [0.1, 0.15) is 30.2 Å². The van der Waals surface area contributed by atoms with Crippen molar-refractivity contribution >= 4 is 5.91 Å². The van der Waals surface area contributed by atoms with Gasteiger partial charge >= 0.3 is 0 Å². The summed E-state index contributed by atoms with van der Waals surface area (Å²) in [6.07, 6.45) is 2.97. The predicted molar refractivity (Wildman–Crippen MR) is 71.1 cm³/mol. The summed E-state index contributed by atoms with van der Waals surface area (Å²) in [5, 5.41) is 12.7. The molecule has 0 aliphatic heterocycles. The van der Waals surface area contributed by atoms with Crippen molar-refractivity contribution in [3.05, 3.63) is 36.2 Å². The van der Waals surface area contributed by atoms with E-state index in [9.17, 15) is 4.79 Å². The highest BCUT2D eigenvalue weighted by molar-refractivity contribution is 5.92. The van der Waals surface area contributed by atoms with Crippen molar-refractivity contribution in [2.45, 2.75) is 13.8 Å². The van der Waals surface area contributed by atoms with Gasteiger partial charge in [0.05, 0.1) is 5.69 Å². The second kappa shape index (κ2) is 5.93. The van der Waals surface area contributed by atoms with Crippen LogP contribution in [0.25, 0.3) is 5.69 Å². The molecule has 2 rings (SSSR count). The maximum absolute atomic E-state index is 12.2. The zero-order valence-electron chi connectivity index (χ0n) is 11.3. The number of pyridine rings is 1. The third kappa shape index (κ3) is 2.64. The molecule has 0 atom stereocenters.